The molecule has 0 aliphatic carbocycles. The second-order valence-corrected chi connectivity index (χ2v) is 8.45. The number of carbonyl (C=O) groups excluding carboxylic acids is 2. The summed E-state index contributed by atoms with van der Waals surface area (Å²) < 4.78 is 26.8. The molecule has 2 atom stereocenters. The van der Waals surface area contributed by atoms with Crippen molar-refractivity contribution in [3.63, 3.8) is 0 Å². The van der Waals surface area contributed by atoms with Crippen molar-refractivity contribution in [2.24, 2.45) is 5.41 Å². The number of Topliss-reactive ketones (excluding diaryl/α,β-unsaturated/α-hetero) is 1. The Labute approximate surface area is 188 Å². The highest BCUT2D eigenvalue weighted by atomic mass is 35.5. The van der Waals surface area contributed by atoms with Crippen molar-refractivity contribution in [1.29, 1.82) is 0 Å². The lowest BCUT2D eigenvalue weighted by molar-refractivity contribution is -0.0235. The van der Waals surface area contributed by atoms with Crippen LogP contribution in [0.4, 0.5) is 4.39 Å². The molecule has 0 radical (unpaired) electrons. The second kappa shape index (κ2) is 8.52. The van der Waals surface area contributed by atoms with Crippen LogP contribution in [0.5, 0.6) is 5.75 Å². The summed E-state index contributed by atoms with van der Waals surface area (Å²) >= 11 is 5.78. The molecule has 0 bridgehead atoms. The number of benzene rings is 1. The van der Waals surface area contributed by atoms with E-state index >= 15 is 0 Å². The Morgan fingerprint density at radius 3 is 2.91 bits per heavy atom. The first kappa shape index (κ1) is 22.2. The highest BCUT2D eigenvalue weighted by molar-refractivity contribution is 6.30. The number of nitrogens with zero attached hydrogens (tertiary/aromatic N) is 1. The molecule has 168 valence electrons. The second-order valence-electron chi connectivity index (χ2n) is 8.05. The van der Waals surface area contributed by atoms with Gasteiger partial charge < -0.3 is 19.4 Å². The Balaban J connectivity index is 1.70. The third kappa shape index (κ3) is 3.63. The molecule has 0 fully saturated rings. The lowest BCUT2D eigenvalue weighted by Crippen LogP contribution is -2.49. The molecule has 32 heavy (non-hydrogen) atoms. The Bertz CT molecular complexity index is 1190. The van der Waals surface area contributed by atoms with Crippen LogP contribution in [-0.4, -0.2) is 36.1 Å². The first-order valence-electron chi connectivity index (χ1n) is 10.1. The number of methoxy groups -OCH3 is 1. The van der Waals surface area contributed by atoms with Gasteiger partial charge in [-0.1, -0.05) is 35.9 Å². The summed E-state index contributed by atoms with van der Waals surface area (Å²) in [4.78, 5) is 39.3. The lowest BCUT2D eigenvalue weighted by Gasteiger charge is -2.40. The number of hydrogen-bond acceptors (Lipinski definition) is 5. The van der Waals surface area contributed by atoms with Crippen LogP contribution in [0.3, 0.4) is 0 Å². The van der Waals surface area contributed by atoms with Gasteiger partial charge in [0.15, 0.2) is 11.5 Å². The molecular formula is C23H22ClFN2O5. The van der Waals surface area contributed by atoms with Crippen molar-refractivity contribution in [2.75, 3.05) is 13.7 Å². The van der Waals surface area contributed by atoms with E-state index < -0.39 is 28.7 Å². The summed E-state index contributed by atoms with van der Waals surface area (Å²) in [7, 11) is 1.28. The number of hydrogen-bond donors (Lipinski definition) is 1. The largest absolute Gasteiger partial charge is 0.491 e. The summed E-state index contributed by atoms with van der Waals surface area (Å²) in [5.41, 5.74) is -1.46. The standard InChI is InChI=1S/C23H22ClFN2O5/c1-23-8-3-4-9-32-16(23)12-27-11-14(19(28)20(31-2)18(27)21(23)29)22(30)26-10-13-6-5-7-15(24)17(13)25/h3-7,11,16H,8-10,12H2,1-2H3,(H,26,30)/t16-,23-/m0/s1. The fraction of sp³-hybridized carbons (Fsp3) is 0.348. The summed E-state index contributed by atoms with van der Waals surface area (Å²) in [5.74, 6) is -1.82. The maximum Gasteiger partial charge on any atom is 0.257 e. The normalized spacial score (nSPS) is 22.0. The molecule has 7 nitrogen and oxygen atoms in total. The van der Waals surface area contributed by atoms with Crippen LogP contribution in [0, 0.1) is 11.2 Å². The highest BCUT2D eigenvalue weighted by Crippen LogP contribution is 2.40. The van der Waals surface area contributed by atoms with Crippen LogP contribution in [-0.2, 0) is 17.8 Å². The van der Waals surface area contributed by atoms with E-state index in [1.54, 1.807) is 6.07 Å². The number of halogens is 2. The van der Waals surface area contributed by atoms with E-state index in [1.807, 2.05) is 19.1 Å². The predicted molar refractivity (Wildman–Crippen MR) is 116 cm³/mol. The third-order valence-electron chi connectivity index (χ3n) is 6.07. The smallest absolute Gasteiger partial charge is 0.257 e. The van der Waals surface area contributed by atoms with Gasteiger partial charge in [0.25, 0.3) is 5.91 Å². The minimum Gasteiger partial charge on any atom is -0.491 e. The topological polar surface area (TPSA) is 86.6 Å². The van der Waals surface area contributed by atoms with E-state index in [-0.39, 0.29) is 46.5 Å². The van der Waals surface area contributed by atoms with Gasteiger partial charge in [-0.3, -0.25) is 14.4 Å². The molecule has 1 N–H and O–H groups in total. The Kier molecular flexibility index (Phi) is 5.92. The van der Waals surface area contributed by atoms with Crippen molar-refractivity contribution in [2.45, 2.75) is 32.5 Å². The van der Waals surface area contributed by atoms with Crippen LogP contribution in [0.1, 0.15) is 39.8 Å². The number of amides is 1. The number of nitrogens with one attached hydrogen (secondary N) is 1. The maximum absolute atomic E-state index is 14.1. The zero-order valence-electron chi connectivity index (χ0n) is 17.6. The number of ether oxygens (including phenoxy) is 2. The van der Waals surface area contributed by atoms with Gasteiger partial charge in [-0.25, -0.2) is 4.39 Å². The molecule has 2 aliphatic heterocycles. The maximum atomic E-state index is 14.1. The predicted octanol–water partition coefficient (Wildman–Crippen LogP) is 3.13. The zero-order valence-corrected chi connectivity index (χ0v) is 18.4. The monoisotopic (exact) mass is 460 g/mol. The Hall–Kier alpha value is -2.97. The van der Waals surface area contributed by atoms with Gasteiger partial charge in [0.1, 0.15) is 17.1 Å². The third-order valence-corrected chi connectivity index (χ3v) is 6.36. The number of allylic oxidation sites excluding steroid dienone is 1. The van der Waals surface area contributed by atoms with Crippen molar-refractivity contribution in [3.05, 3.63) is 74.4 Å². The number of ketones is 1. The Morgan fingerprint density at radius 1 is 1.38 bits per heavy atom. The zero-order chi connectivity index (χ0) is 23.0. The van der Waals surface area contributed by atoms with Gasteiger partial charge in [0.2, 0.25) is 5.43 Å². The minimum atomic E-state index is -0.847. The molecule has 2 aliphatic rings. The SMILES string of the molecule is COc1c2n(cc(C(=O)NCc3cccc(Cl)c3F)c1=O)C[C@@H]1OCC=CC[C@]1(C)C2=O. The van der Waals surface area contributed by atoms with Crippen molar-refractivity contribution in [1.82, 2.24) is 9.88 Å². The summed E-state index contributed by atoms with van der Waals surface area (Å²) in [6.07, 6.45) is 5.14. The number of pyridine rings is 1. The minimum absolute atomic E-state index is 0.0632. The van der Waals surface area contributed by atoms with Gasteiger partial charge >= 0.3 is 0 Å². The van der Waals surface area contributed by atoms with E-state index in [1.165, 1.54) is 30.0 Å². The molecule has 1 aromatic heterocycles. The molecule has 0 saturated carbocycles. The van der Waals surface area contributed by atoms with Gasteiger partial charge in [0.05, 0.1) is 36.8 Å². The van der Waals surface area contributed by atoms with Crippen molar-refractivity contribution < 1.29 is 23.5 Å². The Morgan fingerprint density at radius 2 is 2.16 bits per heavy atom. The molecule has 2 aromatic rings. The number of aromatic nitrogens is 1. The van der Waals surface area contributed by atoms with Crippen molar-refractivity contribution >= 4 is 23.3 Å². The van der Waals surface area contributed by atoms with E-state index in [2.05, 4.69) is 5.32 Å². The number of fused-ring (bicyclic) bond motifs is 2. The molecule has 0 unspecified atom stereocenters. The summed E-state index contributed by atoms with van der Waals surface area (Å²) in [6.45, 7) is 2.30. The van der Waals surface area contributed by atoms with Crippen LogP contribution >= 0.6 is 11.6 Å². The van der Waals surface area contributed by atoms with E-state index in [9.17, 15) is 18.8 Å². The van der Waals surface area contributed by atoms with Gasteiger partial charge in [-0.2, -0.15) is 0 Å². The molecule has 1 amide bonds. The highest BCUT2D eigenvalue weighted by Gasteiger charge is 2.48. The van der Waals surface area contributed by atoms with E-state index in [4.69, 9.17) is 21.1 Å². The first-order chi connectivity index (χ1) is 15.3. The van der Waals surface area contributed by atoms with Gasteiger partial charge in [0, 0.05) is 18.3 Å². The molecule has 4 rings (SSSR count). The summed E-state index contributed by atoms with van der Waals surface area (Å²) in [6, 6.07) is 4.45. The summed E-state index contributed by atoms with van der Waals surface area (Å²) in [5, 5.41) is 2.47. The van der Waals surface area contributed by atoms with E-state index in [0.717, 1.165) is 0 Å². The fourth-order valence-corrected chi connectivity index (χ4v) is 4.34. The fourth-order valence-electron chi connectivity index (χ4n) is 4.15. The average molecular weight is 461 g/mol. The van der Waals surface area contributed by atoms with Crippen molar-refractivity contribution in [3.8, 4) is 5.75 Å². The quantitative estimate of drug-likeness (QED) is 0.708. The van der Waals surface area contributed by atoms with E-state index in [0.29, 0.717) is 13.0 Å². The molecular weight excluding hydrogens is 439 g/mol. The lowest BCUT2D eigenvalue weighted by atomic mass is 9.73. The van der Waals surface area contributed by atoms with Crippen LogP contribution in [0.15, 0.2) is 41.3 Å². The molecule has 0 saturated heterocycles. The van der Waals surface area contributed by atoms with Crippen LogP contribution in [0.25, 0.3) is 0 Å². The number of rotatable bonds is 4. The average Bonchev–Trinajstić information content (AvgIpc) is 2.97. The van der Waals surface area contributed by atoms with Crippen LogP contribution in [0.2, 0.25) is 5.02 Å². The number of carbonyl (C=O) groups is 2. The first-order valence-corrected chi connectivity index (χ1v) is 10.5. The molecule has 9 heteroatoms. The van der Waals surface area contributed by atoms with Crippen LogP contribution < -0.4 is 15.5 Å². The van der Waals surface area contributed by atoms with Gasteiger partial charge in [-0.15, -0.1) is 0 Å². The molecule has 0 spiro atoms. The molecule has 3 heterocycles. The van der Waals surface area contributed by atoms with Gasteiger partial charge in [-0.05, 0) is 19.4 Å². The molecule has 1 aromatic carbocycles.